The molecule has 0 saturated carbocycles. The van der Waals surface area contributed by atoms with Crippen LogP contribution in [0.25, 0.3) is 0 Å². The summed E-state index contributed by atoms with van der Waals surface area (Å²) in [6, 6.07) is 7.15. The molecule has 0 amide bonds. The van der Waals surface area contributed by atoms with Crippen molar-refractivity contribution in [3.05, 3.63) is 39.9 Å². The quantitative estimate of drug-likeness (QED) is 0.597. The number of hydrogen-bond donors (Lipinski definition) is 1. The highest BCUT2D eigenvalue weighted by atomic mass is 16.6. The molecule has 1 aliphatic heterocycles. The van der Waals surface area contributed by atoms with E-state index in [1.807, 2.05) is 12.1 Å². The van der Waals surface area contributed by atoms with E-state index >= 15 is 0 Å². The normalized spacial score (nSPS) is 21.2. The van der Waals surface area contributed by atoms with Crippen LogP contribution in [0.2, 0.25) is 0 Å². The van der Waals surface area contributed by atoms with E-state index in [-0.39, 0.29) is 16.7 Å². The standard InChI is InChI=1S/C11H14N2O2/c14-13(15)11-7-2-1-5-9(11)10-6-3-4-8-12-10/h1-2,5,7,10,12H,3-4,6,8H2/t10-/m1/s1. The second-order valence-corrected chi connectivity index (χ2v) is 3.82. The van der Waals surface area contributed by atoms with E-state index in [2.05, 4.69) is 5.32 Å². The van der Waals surface area contributed by atoms with Crippen LogP contribution in [0.15, 0.2) is 24.3 Å². The number of hydrogen-bond acceptors (Lipinski definition) is 3. The summed E-state index contributed by atoms with van der Waals surface area (Å²) < 4.78 is 0. The van der Waals surface area contributed by atoms with Crippen LogP contribution in [0.4, 0.5) is 5.69 Å². The molecule has 0 aliphatic carbocycles. The molecule has 1 heterocycles. The number of rotatable bonds is 2. The van der Waals surface area contributed by atoms with Gasteiger partial charge in [-0.15, -0.1) is 0 Å². The fourth-order valence-corrected chi connectivity index (χ4v) is 2.07. The molecule has 4 nitrogen and oxygen atoms in total. The van der Waals surface area contributed by atoms with Crippen LogP contribution < -0.4 is 5.32 Å². The first kappa shape index (κ1) is 10.1. The molecule has 1 fully saturated rings. The lowest BCUT2D eigenvalue weighted by atomic mass is 9.96. The van der Waals surface area contributed by atoms with Gasteiger partial charge in [0.25, 0.3) is 5.69 Å². The van der Waals surface area contributed by atoms with E-state index in [4.69, 9.17) is 0 Å². The highest BCUT2D eigenvalue weighted by molar-refractivity contribution is 5.42. The van der Waals surface area contributed by atoms with E-state index in [9.17, 15) is 10.1 Å². The molecule has 80 valence electrons. The van der Waals surface area contributed by atoms with Crippen LogP contribution in [-0.2, 0) is 0 Å². The molecule has 0 unspecified atom stereocenters. The number of nitrogens with zero attached hydrogens (tertiary/aromatic N) is 1. The summed E-state index contributed by atoms with van der Waals surface area (Å²) in [7, 11) is 0. The predicted octanol–water partition coefficient (Wildman–Crippen LogP) is 2.41. The summed E-state index contributed by atoms with van der Waals surface area (Å²) in [6.07, 6.45) is 3.30. The molecule has 0 bridgehead atoms. The highest BCUT2D eigenvalue weighted by Gasteiger charge is 2.22. The van der Waals surface area contributed by atoms with Gasteiger partial charge in [-0.25, -0.2) is 0 Å². The van der Waals surface area contributed by atoms with Crippen molar-refractivity contribution in [1.29, 1.82) is 0 Å². The molecule has 2 rings (SSSR count). The molecule has 1 aromatic carbocycles. The summed E-state index contributed by atoms with van der Waals surface area (Å²) in [4.78, 5) is 10.5. The number of nitro groups is 1. The van der Waals surface area contributed by atoms with Gasteiger partial charge >= 0.3 is 0 Å². The van der Waals surface area contributed by atoms with Gasteiger partial charge in [0, 0.05) is 17.7 Å². The lowest BCUT2D eigenvalue weighted by molar-refractivity contribution is -0.385. The minimum atomic E-state index is -0.300. The van der Waals surface area contributed by atoms with Crippen molar-refractivity contribution in [1.82, 2.24) is 5.32 Å². The van der Waals surface area contributed by atoms with Crippen molar-refractivity contribution in [2.75, 3.05) is 6.54 Å². The Morgan fingerprint density at radius 1 is 1.33 bits per heavy atom. The van der Waals surface area contributed by atoms with Gasteiger partial charge in [-0.2, -0.15) is 0 Å². The summed E-state index contributed by atoms with van der Waals surface area (Å²) in [5, 5.41) is 14.2. The average Bonchev–Trinajstić information content (AvgIpc) is 2.30. The Morgan fingerprint density at radius 3 is 2.80 bits per heavy atom. The molecular formula is C11H14N2O2. The van der Waals surface area contributed by atoms with Crippen LogP contribution >= 0.6 is 0 Å². The number of nitro benzene ring substituents is 1. The maximum atomic E-state index is 10.8. The zero-order chi connectivity index (χ0) is 10.7. The predicted molar refractivity (Wildman–Crippen MR) is 57.7 cm³/mol. The molecule has 0 spiro atoms. The van der Waals surface area contributed by atoms with E-state index in [0.717, 1.165) is 31.4 Å². The Kier molecular flexibility index (Phi) is 2.97. The molecule has 4 heteroatoms. The van der Waals surface area contributed by atoms with E-state index in [1.165, 1.54) is 0 Å². The molecule has 1 saturated heterocycles. The molecule has 1 N–H and O–H groups in total. The Labute approximate surface area is 88.5 Å². The minimum Gasteiger partial charge on any atom is -0.310 e. The van der Waals surface area contributed by atoms with Crippen molar-refractivity contribution < 1.29 is 4.92 Å². The third-order valence-corrected chi connectivity index (χ3v) is 2.82. The Hall–Kier alpha value is -1.42. The van der Waals surface area contributed by atoms with E-state index in [0.29, 0.717) is 0 Å². The second-order valence-electron chi connectivity index (χ2n) is 3.82. The third-order valence-electron chi connectivity index (χ3n) is 2.82. The second kappa shape index (κ2) is 4.40. The van der Waals surface area contributed by atoms with Gasteiger partial charge < -0.3 is 5.32 Å². The first-order valence-electron chi connectivity index (χ1n) is 5.26. The topological polar surface area (TPSA) is 55.2 Å². The van der Waals surface area contributed by atoms with Gasteiger partial charge in [0.05, 0.1) is 4.92 Å². The Balaban J connectivity index is 2.29. The minimum absolute atomic E-state index is 0.153. The summed E-state index contributed by atoms with van der Waals surface area (Å²) >= 11 is 0. The van der Waals surface area contributed by atoms with Crippen molar-refractivity contribution in [2.45, 2.75) is 25.3 Å². The van der Waals surface area contributed by atoms with Gasteiger partial charge in [0.1, 0.15) is 0 Å². The molecule has 1 aromatic rings. The largest absolute Gasteiger partial charge is 0.310 e. The Morgan fingerprint density at radius 2 is 2.13 bits per heavy atom. The van der Waals surface area contributed by atoms with Crippen molar-refractivity contribution in [3.8, 4) is 0 Å². The molecule has 1 atom stereocenters. The lowest BCUT2D eigenvalue weighted by Crippen LogP contribution is -2.27. The van der Waals surface area contributed by atoms with E-state index in [1.54, 1.807) is 12.1 Å². The fourth-order valence-electron chi connectivity index (χ4n) is 2.07. The smallest absolute Gasteiger partial charge is 0.274 e. The lowest BCUT2D eigenvalue weighted by Gasteiger charge is -2.23. The Bertz CT molecular complexity index is 359. The van der Waals surface area contributed by atoms with Gasteiger partial charge in [-0.1, -0.05) is 24.6 Å². The molecule has 1 aliphatic rings. The molecule has 15 heavy (non-hydrogen) atoms. The van der Waals surface area contributed by atoms with Crippen LogP contribution in [0.5, 0.6) is 0 Å². The van der Waals surface area contributed by atoms with Crippen LogP contribution in [0, 0.1) is 10.1 Å². The van der Waals surface area contributed by atoms with Gasteiger partial charge in [0.2, 0.25) is 0 Å². The van der Waals surface area contributed by atoms with Crippen molar-refractivity contribution >= 4 is 5.69 Å². The zero-order valence-corrected chi connectivity index (χ0v) is 8.48. The van der Waals surface area contributed by atoms with Crippen LogP contribution in [0.1, 0.15) is 30.9 Å². The number of benzene rings is 1. The maximum absolute atomic E-state index is 10.8. The molecule has 0 radical (unpaired) electrons. The number of nitrogens with one attached hydrogen (secondary N) is 1. The summed E-state index contributed by atoms with van der Waals surface area (Å²) in [5.41, 5.74) is 1.05. The first-order valence-corrected chi connectivity index (χ1v) is 5.26. The summed E-state index contributed by atoms with van der Waals surface area (Å²) in [6.45, 7) is 0.955. The van der Waals surface area contributed by atoms with Crippen molar-refractivity contribution in [2.24, 2.45) is 0 Å². The maximum Gasteiger partial charge on any atom is 0.274 e. The molecular weight excluding hydrogens is 192 g/mol. The van der Waals surface area contributed by atoms with Gasteiger partial charge in [0.15, 0.2) is 0 Å². The van der Waals surface area contributed by atoms with Crippen molar-refractivity contribution in [3.63, 3.8) is 0 Å². The third kappa shape index (κ3) is 2.15. The highest BCUT2D eigenvalue weighted by Crippen LogP contribution is 2.29. The molecule has 0 aromatic heterocycles. The number of piperidine rings is 1. The van der Waals surface area contributed by atoms with E-state index < -0.39 is 0 Å². The summed E-state index contributed by atoms with van der Waals surface area (Å²) in [5.74, 6) is 0. The average molecular weight is 206 g/mol. The van der Waals surface area contributed by atoms with Gasteiger partial charge in [-0.05, 0) is 19.4 Å². The first-order chi connectivity index (χ1) is 7.29. The van der Waals surface area contributed by atoms with Gasteiger partial charge in [-0.3, -0.25) is 10.1 Å². The zero-order valence-electron chi connectivity index (χ0n) is 8.48. The van der Waals surface area contributed by atoms with Crippen LogP contribution in [-0.4, -0.2) is 11.5 Å². The number of para-hydroxylation sites is 1. The van der Waals surface area contributed by atoms with Crippen LogP contribution in [0.3, 0.4) is 0 Å². The fraction of sp³-hybridized carbons (Fsp3) is 0.455. The SMILES string of the molecule is O=[N+]([O-])c1ccccc1[C@H]1CCCCN1. The monoisotopic (exact) mass is 206 g/mol.